The Kier molecular flexibility index (Phi) is 1.96. The second kappa shape index (κ2) is 3.00. The summed E-state index contributed by atoms with van der Waals surface area (Å²) in [6.45, 7) is 2.03. The topological polar surface area (TPSA) is 32.9 Å². The molecule has 1 heterocycles. The lowest BCUT2D eigenvalue weighted by Gasteiger charge is -1.99. The van der Waals surface area contributed by atoms with Gasteiger partial charge in [0.05, 0.1) is 4.47 Å². The molecule has 0 saturated heterocycles. The maximum absolute atomic E-state index is 11.2. The highest BCUT2D eigenvalue weighted by atomic mass is 79.9. The Balaban J connectivity index is 2.89. The summed E-state index contributed by atoms with van der Waals surface area (Å²) in [4.78, 5) is 14.0. The van der Waals surface area contributed by atoms with Crippen LogP contribution in [-0.4, -0.2) is 4.98 Å². The smallest absolute Gasteiger partial charge is 0.262 e. The van der Waals surface area contributed by atoms with E-state index in [0.717, 1.165) is 10.9 Å². The minimum atomic E-state index is -0.0867. The average molecular weight is 238 g/mol. The van der Waals surface area contributed by atoms with Crippen LogP contribution in [0.4, 0.5) is 0 Å². The lowest BCUT2D eigenvalue weighted by atomic mass is 10.1. The van der Waals surface area contributed by atoms with E-state index in [4.69, 9.17) is 0 Å². The van der Waals surface area contributed by atoms with Gasteiger partial charge in [0.15, 0.2) is 0 Å². The van der Waals surface area contributed by atoms with Gasteiger partial charge in [0.25, 0.3) is 5.56 Å². The number of hydrogen-bond donors (Lipinski definition) is 1. The molecule has 0 radical (unpaired) electrons. The Hall–Kier alpha value is -1.09. The predicted molar refractivity (Wildman–Crippen MR) is 57.0 cm³/mol. The number of aryl methyl sites for hydroxylation is 1. The lowest BCUT2D eigenvalue weighted by Crippen LogP contribution is -2.05. The number of nitrogens with one attached hydrogen (secondary N) is 1. The molecule has 1 aromatic heterocycles. The molecule has 0 atom stereocenters. The van der Waals surface area contributed by atoms with Crippen LogP contribution in [0, 0.1) is 6.92 Å². The Labute approximate surface area is 83.7 Å². The third-order valence-corrected chi connectivity index (χ3v) is 2.54. The molecule has 13 heavy (non-hydrogen) atoms. The number of hydrogen-bond acceptors (Lipinski definition) is 1. The minimum absolute atomic E-state index is 0.0867. The lowest BCUT2D eigenvalue weighted by molar-refractivity contribution is 1.28. The molecule has 3 heteroatoms. The number of rotatable bonds is 0. The third-order valence-electron chi connectivity index (χ3n) is 1.95. The largest absolute Gasteiger partial charge is 0.321 e. The van der Waals surface area contributed by atoms with Crippen molar-refractivity contribution in [2.45, 2.75) is 6.92 Å². The van der Waals surface area contributed by atoms with Gasteiger partial charge in [-0.3, -0.25) is 4.79 Å². The molecule has 0 saturated carbocycles. The molecule has 2 rings (SSSR count). The summed E-state index contributed by atoms with van der Waals surface area (Å²) in [7, 11) is 0. The van der Waals surface area contributed by atoms with Gasteiger partial charge in [-0.25, -0.2) is 0 Å². The van der Waals surface area contributed by atoms with Crippen LogP contribution >= 0.6 is 15.9 Å². The summed E-state index contributed by atoms with van der Waals surface area (Å²) in [6, 6.07) is 7.77. The van der Waals surface area contributed by atoms with Crippen molar-refractivity contribution in [2.24, 2.45) is 0 Å². The van der Waals surface area contributed by atoms with E-state index in [-0.39, 0.29) is 5.56 Å². The molecule has 0 amide bonds. The quantitative estimate of drug-likeness (QED) is 0.751. The summed E-state index contributed by atoms with van der Waals surface area (Å²) < 4.78 is 0.575. The molecule has 0 aliphatic carbocycles. The zero-order valence-electron chi connectivity index (χ0n) is 7.10. The Morgan fingerprint density at radius 3 is 2.85 bits per heavy atom. The van der Waals surface area contributed by atoms with E-state index in [0.29, 0.717) is 4.47 Å². The molecule has 0 spiro atoms. The maximum Gasteiger partial charge on any atom is 0.262 e. The van der Waals surface area contributed by atoms with Crippen LogP contribution in [0.25, 0.3) is 10.9 Å². The molecule has 0 bridgehead atoms. The maximum atomic E-state index is 11.2. The summed E-state index contributed by atoms with van der Waals surface area (Å²) in [5, 5.41) is 1.05. The zero-order chi connectivity index (χ0) is 9.42. The summed E-state index contributed by atoms with van der Waals surface area (Å²) in [5.41, 5.74) is 1.97. The van der Waals surface area contributed by atoms with Crippen molar-refractivity contribution in [1.29, 1.82) is 0 Å². The first-order chi connectivity index (χ1) is 6.16. The first-order valence-electron chi connectivity index (χ1n) is 3.96. The van der Waals surface area contributed by atoms with E-state index in [1.54, 1.807) is 0 Å². The van der Waals surface area contributed by atoms with Crippen LogP contribution in [0.5, 0.6) is 0 Å². The number of fused-ring (bicyclic) bond motifs is 1. The fourth-order valence-corrected chi connectivity index (χ4v) is 1.65. The SMILES string of the molecule is Cc1ccc2[nH]c(=O)c(Br)cc2c1. The molecule has 0 aliphatic rings. The van der Waals surface area contributed by atoms with E-state index in [2.05, 4.69) is 20.9 Å². The molecule has 1 N–H and O–H groups in total. The number of halogens is 1. The molecule has 66 valence electrons. The molecule has 0 aliphatic heterocycles. The minimum Gasteiger partial charge on any atom is -0.321 e. The second-order valence-corrected chi connectivity index (χ2v) is 3.89. The van der Waals surface area contributed by atoms with E-state index >= 15 is 0 Å². The fourth-order valence-electron chi connectivity index (χ4n) is 1.30. The highest BCUT2D eigenvalue weighted by Crippen LogP contribution is 2.15. The van der Waals surface area contributed by atoms with Crippen LogP contribution < -0.4 is 5.56 Å². The van der Waals surface area contributed by atoms with Gasteiger partial charge in [0.1, 0.15) is 0 Å². The predicted octanol–water partition coefficient (Wildman–Crippen LogP) is 2.60. The molecule has 2 aromatic rings. The van der Waals surface area contributed by atoms with Gasteiger partial charge >= 0.3 is 0 Å². The van der Waals surface area contributed by atoms with E-state index in [1.807, 2.05) is 31.2 Å². The fraction of sp³-hybridized carbons (Fsp3) is 0.100. The van der Waals surface area contributed by atoms with Gasteiger partial charge in [-0.1, -0.05) is 11.6 Å². The van der Waals surface area contributed by atoms with Gasteiger partial charge in [0.2, 0.25) is 0 Å². The summed E-state index contributed by atoms with van der Waals surface area (Å²) in [6.07, 6.45) is 0. The van der Waals surface area contributed by atoms with Crippen LogP contribution in [0.2, 0.25) is 0 Å². The zero-order valence-corrected chi connectivity index (χ0v) is 8.68. The van der Waals surface area contributed by atoms with Crippen molar-refractivity contribution in [3.05, 3.63) is 44.7 Å². The monoisotopic (exact) mass is 237 g/mol. The van der Waals surface area contributed by atoms with Gasteiger partial charge in [-0.2, -0.15) is 0 Å². The molecule has 1 aromatic carbocycles. The van der Waals surface area contributed by atoms with Crippen molar-refractivity contribution < 1.29 is 0 Å². The first-order valence-corrected chi connectivity index (χ1v) is 4.75. The van der Waals surface area contributed by atoms with Crippen LogP contribution in [-0.2, 0) is 0 Å². The summed E-state index contributed by atoms with van der Waals surface area (Å²) in [5.74, 6) is 0. The van der Waals surface area contributed by atoms with Gasteiger partial charge in [-0.15, -0.1) is 0 Å². The molecular formula is C10H8BrNO. The van der Waals surface area contributed by atoms with Crippen LogP contribution in [0.1, 0.15) is 5.56 Å². The van der Waals surface area contributed by atoms with Crippen molar-refractivity contribution in [1.82, 2.24) is 4.98 Å². The van der Waals surface area contributed by atoms with Gasteiger partial charge in [0, 0.05) is 5.52 Å². The van der Waals surface area contributed by atoms with Crippen molar-refractivity contribution in [3.63, 3.8) is 0 Å². The first kappa shape index (κ1) is 8.51. The molecule has 0 fully saturated rings. The van der Waals surface area contributed by atoms with Crippen molar-refractivity contribution >= 4 is 26.8 Å². The normalized spacial score (nSPS) is 10.6. The highest BCUT2D eigenvalue weighted by Gasteiger charge is 1.98. The average Bonchev–Trinajstić information content (AvgIpc) is 2.08. The second-order valence-electron chi connectivity index (χ2n) is 3.04. The number of aromatic amines is 1. The standard InChI is InChI=1S/C10H8BrNO/c1-6-2-3-9-7(4-6)5-8(11)10(13)12-9/h2-5H,1H3,(H,12,13). The number of pyridine rings is 1. The van der Waals surface area contributed by atoms with Crippen LogP contribution in [0.3, 0.4) is 0 Å². The van der Waals surface area contributed by atoms with Gasteiger partial charge in [-0.05, 0) is 46.4 Å². The summed E-state index contributed by atoms with van der Waals surface area (Å²) >= 11 is 3.20. The van der Waals surface area contributed by atoms with E-state index in [1.165, 1.54) is 5.56 Å². The number of benzene rings is 1. The van der Waals surface area contributed by atoms with E-state index < -0.39 is 0 Å². The molecular weight excluding hydrogens is 230 g/mol. The number of H-pyrrole nitrogens is 1. The molecule has 2 nitrogen and oxygen atoms in total. The molecule has 0 unspecified atom stereocenters. The van der Waals surface area contributed by atoms with E-state index in [9.17, 15) is 4.79 Å². The highest BCUT2D eigenvalue weighted by molar-refractivity contribution is 9.10. The number of aromatic nitrogens is 1. The van der Waals surface area contributed by atoms with Crippen molar-refractivity contribution in [2.75, 3.05) is 0 Å². The third kappa shape index (κ3) is 1.52. The van der Waals surface area contributed by atoms with Gasteiger partial charge < -0.3 is 4.98 Å². The van der Waals surface area contributed by atoms with Crippen molar-refractivity contribution in [3.8, 4) is 0 Å². The Morgan fingerprint density at radius 1 is 1.31 bits per heavy atom. The Bertz CT molecular complexity index is 516. The Morgan fingerprint density at radius 2 is 2.08 bits per heavy atom. The van der Waals surface area contributed by atoms with Crippen LogP contribution in [0.15, 0.2) is 33.5 Å².